The predicted octanol–water partition coefficient (Wildman–Crippen LogP) is 4.61. The second-order valence-electron chi connectivity index (χ2n) is 6.63. The number of carbonyl (C=O) groups is 2. The minimum absolute atomic E-state index is 0.00729. The van der Waals surface area contributed by atoms with Crippen LogP contribution in [0.5, 0.6) is 5.75 Å². The first kappa shape index (κ1) is 26.0. The van der Waals surface area contributed by atoms with E-state index in [9.17, 15) is 31.5 Å². The molecule has 7 nitrogen and oxygen atoms in total. The van der Waals surface area contributed by atoms with E-state index in [2.05, 4.69) is 21.8 Å². The molecular weight excluding hydrogens is 465 g/mol. The van der Waals surface area contributed by atoms with Crippen LogP contribution in [-0.2, 0) is 16.1 Å². The van der Waals surface area contributed by atoms with Gasteiger partial charge in [-0.15, -0.1) is 13.2 Å². The molecule has 0 saturated heterocycles. The summed E-state index contributed by atoms with van der Waals surface area (Å²) in [5, 5.41) is 2.38. The van der Waals surface area contributed by atoms with Crippen molar-refractivity contribution in [2.24, 2.45) is 10.7 Å². The van der Waals surface area contributed by atoms with Gasteiger partial charge in [0.2, 0.25) is 5.91 Å². The number of benzene rings is 2. The normalized spacial score (nSPS) is 12.2. The number of rotatable bonds is 9. The summed E-state index contributed by atoms with van der Waals surface area (Å²) in [5.74, 6) is -4.58. The summed E-state index contributed by atoms with van der Waals surface area (Å²) in [5.41, 5.74) is 5.03. The summed E-state index contributed by atoms with van der Waals surface area (Å²) in [6.45, 7) is 4.42. The monoisotopic (exact) mass is 483 g/mol. The highest BCUT2D eigenvalue weighted by atomic mass is 19.4. The lowest BCUT2D eigenvalue weighted by Crippen LogP contribution is -2.18. The number of halogens is 5. The molecule has 3 N–H and O–H groups in total. The Bertz CT molecular complexity index is 1160. The van der Waals surface area contributed by atoms with Crippen molar-refractivity contribution in [2.45, 2.75) is 19.9 Å². The Morgan fingerprint density at radius 3 is 2.44 bits per heavy atom. The van der Waals surface area contributed by atoms with Crippen LogP contribution in [0.3, 0.4) is 0 Å². The molecule has 0 atom stereocenters. The molecule has 0 aromatic heterocycles. The number of allylic oxidation sites excluding steroid dienone is 1. The molecule has 0 heterocycles. The van der Waals surface area contributed by atoms with Crippen LogP contribution >= 0.6 is 0 Å². The van der Waals surface area contributed by atoms with Gasteiger partial charge in [-0.1, -0.05) is 0 Å². The van der Waals surface area contributed by atoms with Crippen molar-refractivity contribution in [1.29, 1.82) is 0 Å². The van der Waals surface area contributed by atoms with Gasteiger partial charge in [0.05, 0.1) is 11.3 Å². The van der Waals surface area contributed by atoms with Crippen molar-refractivity contribution in [3.63, 3.8) is 0 Å². The fourth-order valence-electron chi connectivity index (χ4n) is 2.54. The Balaban J connectivity index is 2.12. The van der Waals surface area contributed by atoms with E-state index in [1.807, 2.05) is 0 Å². The number of hydrogen-bond acceptors (Lipinski definition) is 5. The highest BCUT2D eigenvalue weighted by Crippen LogP contribution is 2.26. The summed E-state index contributed by atoms with van der Waals surface area (Å²) in [7, 11) is 0. The number of nitrogens with zero attached hydrogens (tertiary/aromatic N) is 1. The van der Waals surface area contributed by atoms with Crippen LogP contribution < -0.4 is 15.8 Å². The molecule has 0 aliphatic carbocycles. The van der Waals surface area contributed by atoms with Gasteiger partial charge in [-0.05, 0) is 56.1 Å². The standard InChI is InChI=1S/C22H18F5N3O4/c1-12(7-14(10-29-2)20(28)31)33-11-15-8-16(4-5-17(15)23)30-21(32)13-3-6-19(18(24)9-13)34-22(25,26)27/h3-10H,2,11H2,1H3,(H2,28,31)(H,30,32)/b12-7+,14-10+. The molecule has 0 bridgehead atoms. The molecular formula is C22H18F5N3O4. The molecule has 0 radical (unpaired) electrons. The van der Waals surface area contributed by atoms with Gasteiger partial charge >= 0.3 is 6.36 Å². The summed E-state index contributed by atoms with van der Waals surface area (Å²) in [6.07, 6.45) is -2.69. The summed E-state index contributed by atoms with van der Waals surface area (Å²) in [6, 6.07) is 5.68. The Kier molecular flexibility index (Phi) is 8.48. The Hall–Kier alpha value is -4.22. The van der Waals surface area contributed by atoms with Crippen LogP contribution in [0.4, 0.5) is 27.6 Å². The SMILES string of the molecule is C=N/C=C(\C=C(/C)OCc1cc(NC(=O)c2ccc(OC(F)(F)F)c(F)c2)ccc1F)C(N)=O. The quantitative estimate of drug-likeness (QED) is 0.179. The zero-order chi connectivity index (χ0) is 25.5. The van der Waals surface area contributed by atoms with Crippen molar-refractivity contribution in [3.05, 3.63) is 82.8 Å². The number of primary amides is 1. The van der Waals surface area contributed by atoms with Crippen LogP contribution in [-0.4, -0.2) is 24.9 Å². The molecule has 0 fully saturated rings. The fourth-order valence-corrected chi connectivity index (χ4v) is 2.54. The third-order valence-electron chi connectivity index (χ3n) is 4.05. The lowest BCUT2D eigenvalue weighted by Gasteiger charge is -2.12. The van der Waals surface area contributed by atoms with E-state index in [-0.39, 0.29) is 34.8 Å². The summed E-state index contributed by atoms with van der Waals surface area (Å²) >= 11 is 0. The Morgan fingerprint density at radius 1 is 1.15 bits per heavy atom. The van der Waals surface area contributed by atoms with Gasteiger partial charge in [0.15, 0.2) is 11.6 Å². The molecule has 2 aromatic rings. The largest absolute Gasteiger partial charge is 0.573 e. The van der Waals surface area contributed by atoms with E-state index < -0.39 is 35.6 Å². The van der Waals surface area contributed by atoms with Crippen molar-refractivity contribution < 1.29 is 41.0 Å². The molecule has 180 valence electrons. The first-order valence-electron chi connectivity index (χ1n) is 9.31. The molecule has 2 rings (SSSR count). The number of amides is 2. The third kappa shape index (κ3) is 7.73. The van der Waals surface area contributed by atoms with E-state index in [1.54, 1.807) is 0 Å². The topological polar surface area (TPSA) is 103 Å². The average molecular weight is 483 g/mol. The van der Waals surface area contributed by atoms with Crippen LogP contribution in [0.1, 0.15) is 22.8 Å². The van der Waals surface area contributed by atoms with E-state index >= 15 is 0 Å². The van der Waals surface area contributed by atoms with Gasteiger partial charge in [0.1, 0.15) is 12.4 Å². The molecule has 12 heteroatoms. The van der Waals surface area contributed by atoms with Gasteiger partial charge in [-0.25, -0.2) is 8.78 Å². The molecule has 34 heavy (non-hydrogen) atoms. The van der Waals surface area contributed by atoms with Gasteiger partial charge in [0.25, 0.3) is 5.91 Å². The van der Waals surface area contributed by atoms with Crippen molar-refractivity contribution in [1.82, 2.24) is 0 Å². The van der Waals surface area contributed by atoms with Crippen molar-refractivity contribution in [3.8, 4) is 5.75 Å². The minimum Gasteiger partial charge on any atom is -0.493 e. The number of alkyl halides is 3. The molecule has 2 aromatic carbocycles. The molecule has 0 aliphatic rings. The van der Waals surface area contributed by atoms with Gasteiger partial charge in [-0.3, -0.25) is 14.6 Å². The van der Waals surface area contributed by atoms with E-state index in [0.29, 0.717) is 12.1 Å². The van der Waals surface area contributed by atoms with E-state index in [0.717, 1.165) is 18.3 Å². The minimum atomic E-state index is -5.09. The van der Waals surface area contributed by atoms with Gasteiger partial charge in [-0.2, -0.15) is 0 Å². The molecule has 0 aliphatic heterocycles. The number of carbonyl (C=O) groups excluding carboxylic acids is 2. The second-order valence-corrected chi connectivity index (χ2v) is 6.63. The number of ether oxygens (including phenoxy) is 2. The molecule has 0 unspecified atom stereocenters. The summed E-state index contributed by atoms with van der Waals surface area (Å²) in [4.78, 5) is 27.1. The van der Waals surface area contributed by atoms with Gasteiger partial charge in [0, 0.05) is 23.0 Å². The molecule has 0 spiro atoms. The zero-order valence-corrected chi connectivity index (χ0v) is 17.6. The Labute approximate surface area is 190 Å². The number of nitrogens with one attached hydrogen (secondary N) is 1. The highest BCUT2D eigenvalue weighted by Gasteiger charge is 2.32. The maximum absolute atomic E-state index is 14.1. The van der Waals surface area contributed by atoms with Crippen molar-refractivity contribution >= 4 is 24.2 Å². The smallest absolute Gasteiger partial charge is 0.493 e. The first-order valence-corrected chi connectivity index (χ1v) is 9.31. The van der Waals surface area contributed by atoms with Crippen LogP contribution in [0, 0.1) is 11.6 Å². The first-order chi connectivity index (χ1) is 15.9. The van der Waals surface area contributed by atoms with Crippen molar-refractivity contribution in [2.75, 3.05) is 5.32 Å². The summed E-state index contributed by atoms with van der Waals surface area (Å²) < 4.78 is 73.6. The number of nitrogens with two attached hydrogens (primary N) is 1. The van der Waals surface area contributed by atoms with E-state index in [1.165, 1.54) is 25.1 Å². The Morgan fingerprint density at radius 2 is 1.85 bits per heavy atom. The van der Waals surface area contributed by atoms with Crippen LogP contribution in [0.2, 0.25) is 0 Å². The van der Waals surface area contributed by atoms with Crippen LogP contribution in [0.25, 0.3) is 0 Å². The third-order valence-corrected chi connectivity index (χ3v) is 4.05. The molecule has 0 saturated carbocycles. The predicted molar refractivity (Wildman–Crippen MR) is 113 cm³/mol. The molecule has 2 amide bonds. The van der Waals surface area contributed by atoms with Crippen LogP contribution in [0.15, 0.2) is 65.0 Å². The van der Waals surface area contributed by atoms with E-state index in [4.69, 9.17) is 10.5 Å². The lowest BCUT2D eigenvalue weighted by atomic mass is 10.1. The maximum atomic E-state index is 14.1. The zero-order valence-electron chi connectivity index (χ0n) is 17.6. The fraction of sp³-hybridized carbons (Fsp3) is 0.136. The number of hydrogen-bond donors (Lipinski definition) is 2. The maximum Gasteiger partial charge on any atom is 0.573 e. The lowest BCUT2D eigenvalue weighted by molar-refractivity contribution is -0.275. The number of aliphatic imine (C=N–C) groups is 1. The second kappa shape index (κ2) is 11.1. The average Bonchev–Trinajstić information content (AvgIpc) is 2.74. The highest BCUT2D eigenvalue weighted by molar-refractivity contribution is 6.04. The number of anilines is 1. The van der Waals surface area contributed by atoms with Gasteiger partial charge < -0.3 is 20.5 Å².